The van der Waals surface area contributed by atoms with E-state index in [2.05, 4.69) is 20.3 Å². The quantitative estimate of drug-likeness (QED) is 0.485. The molecule has 0 aliphatic heterocycles. The molecule has 0 N–H and O–H groups in total. The van der Waals surface area contributed by atoms with Crippen molar-refractivity contribution in [3.8, 4) is 16.9 Å². The van der Waals surface area contributed by atoms with Gasteiger partial charge >= 0.3 is 0 Å². The van der Waals surface area contributed by atoms with Gasteiger partial charge in [0.15, 0.2) is 15.1 Å². The van der Waals surface area contributed by atoms with Crippen LogP contribution >= 0.6 is 11.3 Å². The summed E-state index contributed by atoms with van der Waals surface area (Å²) in [6.07, 6.45) is 4.75. The van der Waals surface area contributed by atoms with Gasteiger partial charge in [-0.3, -0.25) is 4.68 Å². The number of methoxy groups -OCH3 is 1. The van der Waals surface area contributed by atoms with E-state index >= 15 is 0 Å². The summed E-state index contributed by atoms with van der Waals surface area (Å²) < 4.78 is 38.3. The Labute approximate surface area is 164 Å². The highest BCUT2D eigenvalue weighted by Gasteiger charge is 2.33. The standard InChI is InChI=1S/C17H17N5O4S2/c1-9-20-21-16(26-9)15(28(4,23)24)17-19-12-6-13(25-3)11(5-14(12)27-17)10-7-18-22(2)8-10/h5-8,15H,1-4H3. The highest BCUT2D eigenvalue weighted by Crippen LogP contribution is 2.39. The number of aromatic nitrogens is 5. The minimum absolute atomic E-state index is 0.0125. The molecule has 3 aromatic heterocycles. The topological polar surface area (TPSA) is 113 Å². The van der Waals surface area contributed by atoms with Gasteiger partial charge in [-0.1, -0.05) is 0 Å². The van der Waals surface area contributed by atoms with Gasteiger partial charge in [-0.25, -0.2) is 13.4 Å². The van der Waals surface area contributed by atoms with Crippen LogP contribution in [0.5, 0.6) is 5.75 Å². The molecule has 0 aliphatic rings. The second kappa shape index (κ2) is 6.67. The third-order valence-electron chi connectivity index (χ3n) is 4.16. The SMILES string of the molecule is COc1cc2nc(C(c3nnc(C)o3)S(C)(=O)=O)sc2cc1-c1cnn(C)c1. The molecular weight excluding hydrogens is 402 g/mol. The summed E-state index contributed by atoms with van der Waals surface area (Å²) in [4.78, 5) is 4.52. The summed E-state index contributed by atoms with van der Waals surface area (Å²) >= 11 is 1.27. The molecule has 0 fully saturated rings. The zero-order chi connectivity index (χ0) is 20.1. The Balaban J connectivity index is 1.89. The highest BCUT2D eigenvalue weighted by atomic mass is 32.2. The van der Waals surface area contributed by atoms with Crippen molar-refractivity contribution in [3.63, 3.8) is 0 Å². The van der Waals surface area contributed by atoms with E-state index in [-0.39, 0.29) is 5.89 Å². The van der Waals surface area contributed by atoms with Gasteiger partial charge < -0.3 is 9.15 Å². The van der Waals surface area contributed by atoms with E-state index in [1.54, 1.807) is 31.0 Å². The summed E-state index contributed by atoms with van der Waals surface area (Å²) in [6.45, 7) is 1.61. The van der Waals surface area contributed by atoms with Gasteiger partial charge in [0.2, 0.25) is 11.8 Å². The molecule has 0 saturated heterocycles. The van der Waals surface area contributed by atoms with Crippen molar-refractivity contribution < 1.29 is 17.6 Å². The van der Waals surface area contributed by atoms with Crippen LogP contribution in [0.2, 0.25) is 0 Å². The zero-order valence-corrected chi connectivity index (χ0v) is 17.2. The maximum Gasteiger partial charge on any atom is 0.241 e. The minimum atomic E-state index is -3.57. The van der Waals surface area contributed by atoms with Crippen molar-refractivity contribution in [2.75, 3.05) is 13.4 Å². The molecule has 0 spiro atoms. The van der Waals surface area contributed by atoms with E-state index in [1.807, 2.05) is 19.3 Å². The number of benzene rings is 1. The molecule has 0 bridgehead atoms. The Morgan fingerprint density at radius 1 is 1.29 bits per heavy atom. The summed E-state index contributed by atoms with van der Waals surface area (Å²) in [6, 6.07) is 3.71. The summed E-state index contributed by atoms with van der Waals surface area (Å²) in [5.41, 5.74) is 2.38. The van der Waals surface area contributed by atoms with Crippen LogP contribution in [0.15, 0.2) is 28.9 Å². The number of fused-ring (bicyclic) bond motifs is 1. The van der Waals surface area contributed by atoms with E-state index in [0.29, 0.717) is 22.2 Å². The van der Waals surface area contributed by atoms with Crippen LogP contribution in [-0.4, -0.2) is 46.7 Å². The van der Waals surface area contributed by atoms with Gasteiger partial charge in [-0.05, 0) is 6.07 Å². The predicted molar refractivity (Wildman–Crippen MR) is 104 cm³/mol. The van der Waals surface area contributed by atoms with Crippen LogP contribution in [-0.2, 0) is 16.9 Å². The van der Waals surface area contributed by atoms with Crippen LogP contribution in [0.25, 0.3) is 21.3 Å². The van der Waals surface area contributed by atoms with E-state index in [4.69, 9.17) is 9.15 Å². The third kappa shape index (κ3) is 3.27. The molecule has 1 atom stereocenters. The number of rotatable bonds is 5. The molecule has 28 heavy (non-hydrogen) atoms. The summed E-state index contributed by atoms with van der Waals surface area (Å²) in [5, 5.41) is 11.1. The molecule has 0 radical (unpaired) electrons. The molecule has 11 heteroatoms. The van der Waals surface area contributed by atoms with Gasteiger partial charge in [0.05, 0.1) is 23.5 Å². The first kappa shape index (κ1) is 18.6. The number of hydrogen-bond acceptors (Lipinski definition) is 9. The second-order valence-electron chi connectivity index (χ2n) is 6.34. The van der Waals surface area contributed by atoms with Gasteiger partial charge in [-0.2, -0.15) is 5.10 Å². The average Bonchev–Trinajstić information content (AvgIpc) is 3.32. The molecule has 0 amide bonds. The largest absolute Gasteiger partial charge is 0.496 e. The molecule has 3 heterocycles. The Kier molecular flexibility index (Phi) is 4.42. The Morgan fingerprint density at radius 2 is 2.07 bits per heavy atom. The van der Waals surface area contributed by atoms with E-state index < -0.39 is 15.1 Å². The number of aryl methyl sites for hydroxylation is 2. The fraction of sp³-hybridized carbons (Fsp3) is 0.294. The fourth-order valence-electron chi connectivity index (χ4n) is 2.93. The Morgan fingerprint density at radius 3 is 2.64 bits per heavy atom. The minimum Gasteiger partial charge on any atom is -0.496 e. The smallest absolute Gasteiger partial charge is 0.241 e. The van der Waals surface area contributed by atoms with E-state index in [1.165, 1.54) is 11.3 Å². The lowest BCUT2D eigenvalue weighted by Gasteiger charge is -2.06. The van der Waals surface area contributed by atoms with Crippen molar-refractivity contribution in [1.82, 2.24) is 25.0 Å². The lowest BCUT2D eigenvalue weighted by atomic mass is 10.1. The molecule has 1 aromatic carbocycles. The van der Waals surface area contributed by atoms with Crippen molar-refractivity contribution in [2.45, 2.75) is 12.2 Å². The highest BCUT2D eigenvalue weighted by molar-refractivity contribution is 7.91. The monoisotopic (exact) mass is 419 g/mol. The van der Waals surface area contributed by atoms with E-state index in [9.17, 15) is 8.42 Å². The number of ether oxygens (including phenoxy) is 1. The summed E-state index contributed by atoms with van der Waals surface area (Å²) in [7, 11) is -0.159. The molecule has 0 saturated carbocycles. The maximum atomic E-state index is 12.4. The molecule has 9 nitrogen and oxygen atoms in total. The number of nitrogens with zero attached hydrogens (tertiary/aromatic N) is 5. The molecule has 4 rings (SSSR count). The van der Waals surface area contributed by atoms with Crippen molar-refractivity contribution in [3.05, 3.63) is 41.3 Å². The molecule has 1 unspecified atom stereocenters. The zero-order valence-electron chi connectivity index (χ0n) is 15.6. The Bertz CT molecular complexity index is 1270. The first-order valence-electron chi connectivity index (χ1n) is 8.22. The molecular formula is C17H17N5O4S2. The Hall–Kier alpha value is -2.79. The molecule has 0 aliphatic carbocycles. The van der Waals surface area contributed by atoms with Gasteiger partial charge in [0, 0.05) is 43.6 Å². The number of thiazole rings is 1. The fourth-order valence-corrected chi connectivity index (χ4v) is 5.44. The van der Waals surface area contributed by atoms with Gasteiger partial charge in [0.25, 0.3) is 0 Å². The number of sulfone groups is 1. The predicted octanol–water partition coefficient (Wildman–Crippen LogP) is 2.53. The normalized spacial score (nSPS) is 13.1. The lowest BCUT2D eigenvalue weighted by molar-refractivity contribution is 0.417. The maximum absolute atomic E-state index is 12.4. The van der Waals surface area contributed by atoms with Gasteiger partial charge in [-0.15, -0.1) is 21.5 Å². The van der Waals surface area contributed by atoms with Crippen LogP contribution in [0, 0.1) is 6.92 Å². The molecule has 4 aromatic rings. The average molecular weight is 419 g/mol. The van der Waals surface area contributed by atoms with Crippen molar-refractivity contribution in [2.24, 2.45) is 7.05 Å². The van der Waals surface area contributed by atoms with Crippen LogP contribution < -0.4 is 4.74 Å². The third-order valence-corrected chi connectivity index (χ3v) is 6.67. The summed E-state index contributed by atoms with van der Waals surface area (Å²) in [5.74, 6) is 0.936. The van der Waals surface area contributed by atoms with Crippen LogP contribution in [0.4, 0.5) is 0 Å². The van der Waals surface area contributed by atoms with Gasteiger partial charge in [0.1, 0.15) is 10.8 Å². The first-order valence-corrected chi connectivity index (χ1v) is 11.0. The first-order chi connectivity index (χ1) is 13.3. The number of hydrogen-bond donors (Lipinski definition) is 0. The van der Waals surface area contributed by atoms with E-state index in [0.717, 1.165) is 22.1 Å². The van der Waals surface area contributed by atoms with Crippen molar-refractivity contribution in [1.29, 1.82) is 0 Å². The lowest BCUT2D eigenvalue weighted by Crippen LogP contribution is -2.13. The van der Waals surface area contributed by atoms with Crippen LogP contribution in [0.1, 0.15) is 22.0 Å². The van der Waals surface area contributed by atoms with Crippen LogP contribution in [0.3, 0.4) is 0 Å². The molecule has 146 valence electrons. The second-order valence-corrected chi connectivity index (χ2v) is 9.54. The van der Waals surface area contributed by atoms with Crippen molar-refractivity contribution >= 4 is 31.4 Å².